The van der Waals surface area contributed by atoms with E-state index >= 15 is 4.79 Å². The molecule has 1 saturated heterocycles. The van der Waals surface area contributed by atoms with Crippen molar-refractivity contribution >= 4 is 59.4 Å². The molecule has 7 aromatic rings. The van der Waals surface area contributed by atoms with Gasteiger partial charge in [-0.3, -0.25) is 38.4 Å². The number of rotatable bonds is 28. The summed E-state index contributed by atoms with van der Waals surface area (Å²) < 4.78 is 19.6. The van der Waals surface area contributed by atoms with Crippen molar-refractivity contribution in [1.29, 1.82) is 0 Å². The van der Waals surface area contributed by atoms with E-state index in [1.165, 1.54) is 20.8 Å². The van der Waals surface area contributed by atoms with Crippen molar-refractivity contribution in [3.63, 3.8) is 0 Å². The molecule has 0 saturated carbocycles. The Hall–Kier alpha value is -10.8. The number of carbonyl (C=O) groups is 10. The van der Waals surface area contributed by atoms with Gasteiger partial charge in [-0.15, -0.1) is 5.06 Å². The first kappa shape index (κ1) is 72.5. The number of fused-ring (bicyclic) bond motifs is 3. The summed E-state index contributed by atoms with van der Waals surface area (Å²) in [6, 6.07) is 47.8. The minimum Gasteiger partial charge on any atom is -0.460 e. The summed E-state index contributed by atoms with van der Waals surface area (Å²) in [6.45, 7) is 13.5. The molecule has 9 rings (SSSR count). The lowest BCUT2D eigenvalue weighted by Gasteiger charge is -2.37. The number of esters is 1. The summed E-state index contributed by atoms with van der Waals surface area (Å²) in [6.07, 6.45) is -0.0319. The highest BCUT2D eigenvalue weighted by Crippen LogP contribution is 2.45. The zero-order valence-corrected chi connectivity index (χ0v) is 57.0. The highest BCUT2D eigenvalue weighted by Gasteiger charge is 2.42. The number of amides is 8. The minimum atomic E-state index is -1.88. The van der Waals surface area contributed by atoms with Crippen LogP contribution in [0.15, 0.2) is 182 Å². The van der Waals surface area contributed by atoms with Crippen LogP contribution in [0.1, 0.15) is 133 Å². The summed E-state index contributed by atoms with van der Waals surface area (Å²) in [4.78, 5) is 149. The monoisotopic (exact) mass is 1350 g/mol. The first-order valence-electron chi connectivity index (χ1n) is 32.9. The molecule has 23 heteroatoms. The summed E-state index contributed by atoms with van der Waals surface area (Å²) in [5.41, 5.74) is 2.94. The highest BCUT2D eigenvalue weighted by molar-refractivity contribution is 6.02. The second-order valence-corrected chi connectivity index (χ2v) is 27.0. The molecular weight excluding hydrogens is 1260 g/mol. The third-order valence-electron chi connectivity index (χ3n) is 16.7. The van der Waals surface area contributed by atoms with Gasteiger partial charge in [0.25, 0.3) is 11.8 Å². The number of ether oxygens (including phenoxy) is 3. The van der Waals surface area contributed by atoms with Crippen molar-refractivity contribution in [3.8, 4) is 11.1 Å². The largest absolute Gasteiger partial charge is 0.460 e. The first-order valence-corrected chi connectivity index (χ1v) is 32.9. The Bertz CT molecular complexity index is 3900. The molecule has 1 fully saturated rings. The van der Waals surface area contributed by atoms with Crippen molar-refractivity contribution < 1.29 is 67.0 Å². The topological polar surface area (TPSA) is 301 Å². The van der Waals surface area contributed by atoms with Gasteiger partial charge in [-0.1, -0.05) is 170 Å². The molecule has 5 atom stereocenters. The van der Waals surface area contributed by atoms with Gasteiger partial charge in [-0.25, -0.2) is 14.6 Å². The fourth-order valence-corrected chi connectivity index (χ4v) is 12.2. The molecule has 1 aromatic heterocycles. The molecule has 6 aromatic carbocycles. The van der Waals surface area contributed by atoms with Crippen LogP contribution in [0.5, 0.6) is 0 Å². The van der Waals surface area contributed by atoms with E-state index in [1.807, 2.05) is 144 Å². The number of alkyl carbamates (subject to hydrolysis) is 1. The average molecular weight is 1350 g/mol. The van der Waals surface area contributed by atoms with E-state index in [0.29, 0.717) is 16.3 Å². The van der Waals surface area contributed by atoms with E-state index < -0.39 is 125 Å². The zero-order valence-electron chi connectivity index (χ0n) is 57.0. The highest BCUT2D eigenvalue weighted by atomic mass is 16.7. The second-order valence-electron chi connectivity index (χ2n) is 27.0. The molecular formula is C76H85N9O14. The summed E-state index contributed by atoms with van der Waals surface area (Å²) in [5, 5.41) is 16.2. The van der Waals surface area contributed by atoms with E-state index in [1.54, 1.807) is 84.4 Å². The predicted octanol–water partition coefficient (Wildman–Crippen LogP) is 7.81. The molecule has 0 unspecified atom stereocenters. The lowest BCUT2D eigenvalue weighted by molar-refractivity contribution is -0.199. The molecule has 99 heavy (non-hydrogen) atoms. The number of carbonyl (C=O) groups excluding carboxylic acids is 10. The lowest BCUT2D eigenvalue weighted by Crippen LogP contribution is -2.62. The van der Waals surface area contributed by atoms with Gasteiger partial charge < -0.3 is 55.5 Å². The maximum atomic E-state index is 15.1. The number of nitrogens with one attached hydrogen (secondary N) is 6. The van der Waals surface area contributed by atoms with Gasteiger partial charge in [0.15, 0.2) is 0 Å². The van der Waals surface area contributed by atoms with Crippen LogP contribution in [0.25, 0.3) is 11.1 Å². The summed E-state index contributed by atoms with van der Waals surface area (Å²) in [7, 11) is 0. The number of imidazole rings is 1. The maximum absolute atomic E-state index is 15.1. The Labute approximate surface area is 575 Å². The molecule has 1 aliphatic carbocycles. The molecule has 0 spiro atoms. The van der Waals surface area contributed by atoms with Crippen molar-refractivity contribution in [3.05, 3.63) is 221 Å². The van der Waals surface area contributed by atoms with Crippen LogP contribution in [0.2, 0.25) is 0 Å². The van der Waals surface area contributed by atoms with Crippen LogP contribution in [0.3, 0.4) is 0 Å². The number of hydrogen-bond donors (Lipinski definition) is 6. The van der Waals surface area contributed by atoms with Gasteiger partial charge in [0, 0.05) is 44.2 Å². The zero-order chi connectivity index (χ0) is 71.2. The number of aromatic nitrogens is 2. The Kier molecular flexibility index (Phi) is 23.1. The fourth-order valence-electron chi connectivity index (χ4n) is 12.2. The molecule has 2 heterocycles. The number of hydrogen-bond acceptors (Lipinski definition) is 15. The average Bonchev–Trinajstić information content (AvgIpc) is 1.73. The molecule has 0 radical (unpaired) electrons. The third kappa shape index (κ3) is 18.5. The standard InChI is InChI=1S/C76H85N9O14/c1-48(97-73(2,3)4)66(69(92)79-61(42-49-26-14-10-15-27-49)70(93)99-85-63(87)39-40-64(85)88)82-62(86)44-77-67(90)59(38-41-65(89)98-74(5,6)7)80-71(94)75(8,9)83-68(91)60(81-72(95)96-46-58-56-36-24-22-34-54(56)55-35-23-25-37-57(55)58)43-53-45-84(47-78-53)76(50-28-16-11-17-29-50,51-30-18-12-19-31-51)52-32-20-13-21-33-52/h10-37,45,47-48,58-61,66H,38-44,46H2,1-9H3,(H,77,90)(H,79,92)(H,80,94)(H,81,95)(H,82,86)(H,83,91)/t48-,59+,60+,61+,66+/m1/s1. The van der Waals surface area contributed by atoms with Crippen LogP contribution < -0.4 is 31.9 Å². The predicted molar refractivity (Wildman–Crippen MR) is 366 cm³/mol. The number of hydroxylamine groups is 2. The number of benzene rings is 6. The molecule has 1 aliphatic heterocycles. The smallest absolute Gasteiger partial charge is 0.407 e. The molecule has 6 N–H and O–H groups in total. The van der Waals surface area contributed by atoms with E-state index in [9.17, 15) is 43.2 Å². The van der Waals surface area contributed by atoms with Crippen molar-refractivity contribution in [1.82, 2.24) is 46.5 Å². The second kappa shape index (κ2) is 31.6. The minimum absolute atomic E-state index is 0.0815. The van der Waals surface area contributed by atoms with Crippen LogP contribution in [-0.4, -0.2) is 134 Å². The quantitative estimate of drug-likeness (QED) is 0.0155. The normalized spacial score (nSPS) is 14.6. The lowest BCUT2D eigenvalue weighted by atomic mass is 9.77. The molecule has 8 amide bonds. The van der Waals surface area contributed by atoms with Crippen LogP contribution in [0.4, 0.5) is 4.79 Å². The summed E-state index contributed by atoms with van der Waals surface area (Å²) in [5.74, 6) is -8.23. The van der Waals surface area contributed by atoms with Gasteiger partial charge in [0.1, 0.15) is 47.5 Å². The van der Waals surface area contributed by atoms with Crippen molar-refractivity contribution in [2.24, 2.45) is 0 Å². The summed E-state index contributed by atoms with van der Waals surface area (Å²) >= 11 is 0. The van der Waals surface area contributed by atoms with Gasteiger partial charge >= 0.3 is 18.0 Å². The molecule has 23 nitrogen and oxygen atoms in total. The van der Waals surface area contributed by atoms with E-state index in [-0.39, 0.29) is 44.6 Å². The molecule has 2 aliphatic rings. The maximum Gasteiger partial charge on any atom is 0.407 e. The number of nitrogens with zero attached hydrogens (tertiary/aromatic N) is 3. The van der Waals surface area contributed by atoms with E-state index in [0.717, 1.165) is 38.9 Å². The van der Waals surface area contributed by atoms with Gasteiger partial charge in [0.05, 0.1) is 30.3 Å². The van der Waals surface area contributed by atoms with Gasteiger partial charge in [-0.05, 0) is 113 Å². The Morgan fingerprint density at radius 1 is 0.576 bits per heavy atom. The Morgan fingerprint density at radius 2 is 1.10 bits per heavy atom. The van der Waals surface area contributed by atoms with E-state index in [4.69, 9.17) is 24.0 Å². The van der Waals surface area contributed by atoms with Crippen LogP contribution in [-0.2, 0) is 80.6 Å². The first-order chi connectivity index (χ1) is 47.1. The van der Waals surface area contributed by atoms with Gasteiger partial charge in [-0.2, -0.15) is 0 Å². The van der Waals surface area contributed by atoms with Crippen LogP contribution in [0, 0.1) is 0 Å². The Balaban J connectivity index is 0.947. The molecule has 518 valence electrons. The fraction of sp³-hybridized carbons (Fsp3) is 0.355. The Morgan fingerprint density at radius 3 is 1.64 bits per heavy atom. The molecule has 0 bridgehead atoms. The van der Waals surface area contributed by atoms with Gasteiger partial charge in [0.2, 0.25) is 29.5 Å². The van der Waals surface area contributed by atoms with E-state index in [2.05, 4.69) is 31.9 Å². The SMILES string of the molecule is C[C@@H](OC(C)(C)C)[C@H](NC(=O)CNC(=O)[C@H](CCC(=O)OC(C)(C)C)NC(=O)C(C)(C)NC(=O)[C@H](Cc1cn(C(c2ccccc2)(c2ccccc2)c2ccccc2)cn1)NC(=O)OCC1c2ccccc2-c2ccccc21)C(=O)N[C@@H](Cc1ccccc1)C(=O)ON1C(=O)CCC1=O. The van der Waals surface area contributed by atoms with Crippen LogP contribution >= 0.6 is 0 Å². The number of imide groups is 1. The van der Waals surface area contributed by atoms with Crippen molar-refractivity contribution in [2.45, 2.75) is 159 Å². The third-order valence-corrected chi connectivity index (χ3v) is 16.7. The van der Waals surface area contributed by atoms with Crippen molar-refractivity contribution in [2.75, 3.05) is 13.2 Å².